The van der Waals surface area contributed by atoms with Crippen LogP contribution >= 0.6 is 11.6 Å². The summed E-state index contributed by atoms with van der Waals surface area (Å²) in [5, 5.41) is 0. The van der Waals surface area contributed by atoms with Crippen LogP contribution in [0.2, 0.25) is 0 Å². The van der Waals surface area contributed by atoms with Crippen LogP contribution in [0.15, 0.2) is 12.7 Å². The number of allylic oxidation sites excluding steroid dienone is 1. The maximum Gasteiger partial charge on any atom is 0.0508 e. The lowest BCUT2D eigenvalue weighted by molar-refractivity contribution is 0.118. The number of halogens is 1. The molecule has 0 fully saturated rings. The lowest BCUT2D eigenvalue weighted by Crippen LogP contribution is -2.10. The first-order valence-electron chi connectivity index (χ1n) is 3.59. The highest BCUT2D eigenvalue weighted by atomic mass is 35.5. The van der Waals surface area contributed by atoms with Crippen LogP contribution in [-0.2, 0) is 4.74 Å². The van der Waals surface area contributed by atoms with E-state index in [1.54, 1.807) is 0 Å². The van der Waals surface area contributed by atoms with Crippen molar-refractivity contribution in [1.82, 2.24) is 0 Å². The lowest BCUT2D eigenvalue weighted by atomic mass is 10.1. The molecule has 0 N–H and O–H groups in total. The minimum Gasteiger partial charge on any atom is -0.381 e. The highest BCUT2D eigenvalue weighted by molar-refractivity contribution is 6.18. The third-order valence-electron chi connectivity index (χ3n) is 1.28. The average molecular weight is 163 g/mol. The number of hydrogen-bond acceptors (Lipinski definition) is 1. The van der Waals surface area contributed by atoms with Crippen LogP contribution in [0.3, 0.4) is 0 Å². The molecule has 0 aromatic rings. The Hall–Kier alpha value is -0.0100. The molecular formula is C8H15ClO. The summed E-state index contributed by atoms with van der Waals surface area (Å²) in [6.07, 6.45) is 2.83. The number of alkyl halides is 1. The molecule has 0 rings (SSSR count). The van der Waals surface area contributed by atoms with Gasteiger partial charge in [0.25, 0.3) is 0 Å². The monoisotopic (exact) mass is 162 g/mol. The Balaban J connectivity index is 3.29. The Bertz CT molecular complexity index is 83.3. The molecule has 0 saturated heterocycles. The van der Waals surface area contributed by atoms with Crippen molar-refractivity contribution in [1.29, 1.82) is 0 Å². The second kappa shape index (κ2) is 7.10. The van der Waals surface area contributed by atoms with Gasteiger partial charge in [-0.1, -0.05) is 6.08 Å². The smallest absolute Gasteiger partial charge is 0.0508 e. The molecule has 2 heteroatoms. The summed E-state index contributed by atoms with van der Waals surface area (Å²) in [5.74, 6) is 1.10. The van der Waals surface area contributed by atoms with Crippen molar-refractivity contribution in [2.45, 2.75) is 13.3 Å². The summed E-state index contributed by atoms with van der Waals surface area (Å²) in [4.78, 5) is 0. The lowest BCUT2D eigenvalue weighted by Gasteiger charge is -2.09. The maximum absolute atomic E-state index is 5.65. The maximum atomic E-state index is 5.65. The van der Waals surface area contributed by atoms with Crippen molar-refractivity contribution in [2.75, 3.05) is 19.1 Å². The van der Waals surface area contributed by atoms with Gasteiger partial charge in [-0.15, -0.1) is 18.2 Å². The molecule has 0 aliphatic carbocycles. The molecule has 0 amide bonds. The fraction of sp³-hybridized carbons (Fsp3) is 0.750. The third-order valence-corrected chi connectivity index (χ3v) is 1.71. The molecule has 1 nitrogen and oxygen atoms in total. The van der Waals surface area contributed by atoms with E-state index in [2.05, 4.69) is 6.58 Å². The van der Waals surface area contributed by atoms with E-state index in [0.29, 0.717) is 11.8 Å². The Morgan fingerprint density at radius 1 is 1.70 bits per heavy atom. The molecule has 10 heavy (non-hydrogen) atoms. The van der Waals surface area contributed by atoms with Crippen molar-refractivity contribution in [3.63, 3.8) is 0 Å². The van der Waals surface area contributed by atoms with Crippen LogP contribution in [-0.4, -0.2) is 19.1 Å². The molecule has 0 aliphatic rings. The zero-order chi connectivity index (χ0) is 7.82. The van der Waals surface area contributed by atoms with Crippen molar-refractivity contribution < 1.29 is 4.74 Å². The van der Waals surface area contributed by atoms with Crippen molar-refractivity contribution in [3.8, 4) is 0 Å². The predicted molar refractivity (Wildman–Crippen MR) is 45.5 cm³/mol. The van der Waals surface area contributed by atoms with E-state index in [1.165, 1.54) is 0 Å². The molecule has 0 radical (unpaired) electrons. The fourth-order valence-electron chi connectivity index (χ4n) is 0.696. The van der Waals surface area contributed by atoms with Gasteiger partial charge in [0.1, 0.15) is 0 Å². The van der Waals surface area contributed by atoms with Gasteiger partial charge in [0.2, 0.25) is 0 Å². The number of ether oxygens (including phenoxy) is 1. The second-order valence-electron chi connectivity index (χ2n) is 2.20. The molecule has 0 aromatic carbocycles. The topological polar surface area (TPSA) is 9.23 Å². The molecule has 1 atom stereocenters. The van der Waals surface area contributed by atoms with Crippen LogP contribution in [0.5, 0.6) is 0 Å². The average Bonchev–Trinajstić information content (AvgIpc) is 1.98. The van der Waals surface area contributed by atoms with Crippen LogP contribution in [0.1, 0.15) is 13.3 Å². The zero-order valence-electron chi connectivity index (χ0n) is 6.48. The van der Waals surface area contributed by atoms with Crippen LogP contribution in [0, 0.1) is 5.92 Å². The molecule has 0 aliphatic heterocycles. The highest BCUT2D eigenvalue weighted by Gasteiger charge is 2.03. The Morgan fingerprint density at radius 3 is 2.80 bits per heavy atom. The minimum absolute atomic E-state index is 0.444. The molecule has 0 spiro atoms. The first kappa shape index (κ1) is 9.99. The molecular weight excluding hydrogens is 148 g/mol. The van der Waals surface area contributed by atoms with Gasteiger partial charge >= 0.3 is 0 Å². The van der Waals surface area contributed by atoms with Crippen molar-refractivity contribution in [3.05, 3.63) is 12.7 Å². The van der Waals surface area contributed by atoms with Crippen LogP contribution < -0.4 is 0 Å². The third kappa shape index (κ3) is 4.83. The zero-order valence-corrected chi connectivity index (χ0v) is 7.23. The largest absolute Gasteiger partial charge is 0.381 e. The molecule has 0 bridgehead atoms. The van der Waals surface area contributed by atoms with E-state index in [4.69, 9.17) is 16.3 Å². The van der Waals surface area contributed by atoms with Crippen molar-refractivity contribution in [2.24, 2.45) is 5.92 Å². The SMILES string of the molecule is C=CCC(CCl)COCC. The van der Waals surface area contributed by atoms with Gasteiger partial charge in [0, 0.05) is 12.5 Å². The second-order valence-corrected chi connectivity index (χ2v) is 2.51. The van der Waals surface area contributed by atoms with Gasteiger partial charge in [0.05, 0.1) is 6.61 Å². The van der Waals surface area contributed by atoms with Gasteiger partial charge in [-0.3, -0.25) is 0 Å². The summed E-state index contributed by atoms with van der Waals surface area (Å²) in [6.45, 7) is 7.15. The molecule has 0 heterocycles. The van der Waals surface area contributed by atoms with Gasteiger partial charge in [-0.25, -0.2) is 0 Å². The Labute approximate surface area is 68.0 Å². The molecule has 1 unspecified atom stereocenters. The summed E-state index contributed by atoms with van der Waals surface area (Å²) in [7, 11) is 0. The van der Waals surface area contributed by atoms with Crippen molar-refractivity contribution >= 4 is 11.6 Å². The standard InChI is InChI=1S/C8H15ClO/c1-3-5-8(6-9)7-10-4-2/h3,8H,1,4-7H2,2H3. The van der Waals surface area contributed by atoms with Gasteiger partial charge < -0.3 is 4.74 Å². The quantitative estimate of drug-likeness (QED) is 0.431. The van der Waals surface area contributed by atoms with E-state index >= 15 is 0 Å². The van der Waals surface area contributed by atoms with E-state index in [9.17, 15) is 0 Å². The van der Waals surface area contributed by atoms with Gasteiger partial charge in [-0.05, 0) is 19.3 Å². The van der Waals surface area contributed by atoms with E-state index in [1.807, 2.05) is 13.0 Å². The van der Waals surface area contributed by atoms with Crippen LogP contribution in [0.25, 0.3) is 0 Å². The minimum atomic E-state index is 0.444. The van der Waals surface area contributed by atoms with E-state index < -0.39 is 0 Å². The summed E-state index contributed by atoms with van der Waals surface area (Å²) < 4.78 is 5.21. The Morgan fingerprint density at radius 2 is 2.40 bits per heavy atom. The summed E-state index contributed by atoms with van der Waals surface area (Å²) in [6, 6.07) is 0. The van der Waals surface area contributed by atoms with Gasteiger partial charge in [0.15, 0.2) is 0 Å². The first-order valence-corrected chi connectivity index (χ1v) is 4.13. The number of rotatable bonds is 6. The van der Waals surface area contributed by atoms with Crippen LogP contribution in [0.4, 0.5) is 0 Å². The first-order chi connectivity index (χ1) is 4.85. The Kier molecular flexibility index (Phi) is 7.09. The fourth-order valence-corrected chi connectivity index (χ4v) is 0.911. The van der Waals surface area contributed by atoms with Gasteiger partial charge in [-0.2, -0.15) is 0 Å². The highest BCUT2D eigenvalue weighted by Crippen LogP contribution is 2.06. The molecule has 0 aromatic heterocycles. The molecule has 0 saturated carbocycles. The predicted octanol–water partition coefficient (Wildman–Crippen LogP) is 2.45. The van der Waals surface area contributed by atoms with E-state index in [0.717, 1.165) is 19.6 Å². The normalized spacial score (nSPS) is 13.0. The summed E-state index contributed by atoms with van der Waals surface area (Å²) in [5.41, 5.74) is 0. The summed E-state index contributed by atoms with van der Waals surface area (Å²) >= 11 is 5.65. The molecule has 60 valence electrons. The van der Waals surface area contributed by atoms with E-state index in [-0.39, 0.29) is 0 Å². The number of hydrogen-bond donors (Lipinski definition) is 0.